The molecule has 0 atom stereocenters. The van der Waals surface area contributed by atoms with E-state index >= 15 is 0 Å². The molecular formula is C12H3F4I3O6S2. The molecule has 0 unspecified atom stereocenters. The third-order valence-electron chi connectivity index (χ3n) is 2.86. The predicted octanol–water partition coefficient (Wildman–Crippen LogP) is 4.07. The second-order valence-corrected chi connectivity index (χ2v) is 11.0. The molecule has 0 bridgehead atoms. The van der Waals surface area contributed by atoms with Gasteiger partial charge in [-0.3, -0.25) is 4.55 Å². The van der Waals surface area contributed by atoms with E-state index in [0.29, 0.717) is 7.14 Å². The molecule has 0 fully saturated rings. The standard InChI is InChI=1S/C12H3F4I3O6S2/c13-6-8(15)12(26(20,21)22)9(16)7(14)11(6)25-27(23,24)5-2-3(17)1-4(18)10(5)19/h1-2H,(H,20,21,22). The molecule has 0 radical (unpaired) electrons. The minimum atomic E-state index is -5.68. The molecule has 0 saturated carbocycles. The highest BCUT2D eigenvalue weighted by Crippen LogP contribution is 2.35. The summed E-state index contributed by atoms with van der Waals surface area (Å²) in [6, 6.07) is 2.68. The van der Waals surface area contributed by atoms with Gasteiger partial charge in [0.15, 0.2) is 16.5 Å². The molecule has 2 aromatic rings. The van der Waals surface area contributed by atoms with Crippen molar-refractivity contribution in [2.75, 3.05) is 0 Å². The number of benzene rings is 2. The lowest BCUT2D eigenvalue weighted by atomic mass is 10.3. The van der Waals surface area contributed by atoms with Gasteiger partial charge in [0.2, 0.25) is 17.4 Å². The number of hydrogen-bond donors (Lipinski definition) is 1. The number of rotatable bonds is 4. The van der Waals surface area contributed by atoms with Crippen molar-refractivity contribution in [2.45, 2.75) is 9.79 Å². The summed E-state index contributed by atoms with van der Waals surface area (Å²) in [6.45, 7) is 0. The Labute approximate surface area is 191 Å². The minimum absolute atomic E-state index is 0.116. The van der Waals surface area contributed by atoms with E-state index in [1.54, 1.807) is 73.8 Å². The molecule has 0 aromatic heterocycles. The summed E-state index contributed by atoms with van der Waals surface area (Å²) >= 11 is 5.17. The molecule has 1 N–H and O–H groups in total. The normalized spacial score (nSPS) is 12.3. The van der Waals surface area contributed by atoms with E-state index in [-0.39, 0.29) is 3.57 Å². The zero-order valence-corrected chi connectivity index (χ0v) is 20.2. The van der Waals surface area contributed by atoms with Gasteiger partial charge in [0, 0.05) is 10.7 Å². The molecule has 0 aliphatic heterocycles. The summed E-state index contributed by atoms with van der Waals surface area (Å²) in [6.07, 6.45) is 0. The van der Waals surface area contributed by atoms with Crippen molar-refractivity contribution < 1.29 is 43.1 Å². The molecule has 148 valence electrons. The van der Waals surface area contributed by atoms with Gasteiger partial charge in [0.05, 0.1) is 0 Å². The van der Waals surface area contributed by atoms with Gasteiger partial charge >= 0.3 is 20.2 Å². The molecule has 6 nitrogen and oxygen atoms in total. The van der Waals surface area contributed by atoms with Gasteiger partial charge in [-0.1, -0.05) is 0 Å². The second kappa shape index (κ2) is 8.03. The van der Waals surface area contributed by atoms with E-state index in [1.807, 2.05) is 0 Å². The third-order valence-corrected chi connectivity index (χ3v) is 9.02. The average molecular weight is 764 g/mol. The van der Waals surface area contributed by atoms with Crippen LogP contribution in [0.2, 0.25) is 0 Å². The zero-order valence-electron chi connectivity index (χ0n) is 12.1. The second-order valence-electron chi connectivity index (χ2n) is 4.63. The van der Waals surface area contributed by atoms with E-state index in [2.05, 4.69) is 4.18 Å². The largest absolute Gasteiger partial charge is 0.372 e. The fourth-order valence-corrected chi connectivity index (χ4v) is 6.81. The maximum absolute atomic E-state index is 14.0. The van der Waals surface area contributed by atoms with Crippen molar-refractivity contribution in [3.8, 4) is 5.75 Å². The van der Waals surface area contributed by atoms with Crippen molar-refractivity contribution >= 4 is 88.0 Å². The smallest absolute Gasteiger partial charge is 0.340 e. The van der Waals surface area contributed by atoms with Crippen LogP contribution in [-0.4, -0.2) is 21.4 Å². The molecule has 27 heavy (non-hydrogen) atoms. The zero-order chi connectivity index (χ0) is 20.9. The van der Waals surface area contributed by atoms with E-state index in [0.717, 1.165) is 6.07 Å². The fourth-order valence-electron chi connectivity index (χ4n) is 1.76. The van der Waals surface area contributed by atoms with E-state index in [1.165, 1.54) is 0 Å². The van der Waals surface area contributed by atoms with Crippen molar-refractivity contribution in [3.63, 3.8) is 0 Å². The van der Waals surface area contributed by atoms with Crippen molar-refractivity contribution in [1.29, 1.82) is 0 Å². The van der Waals surface area contributed by atoms with E-state index in [4.69, 9.17) is 4.55 Å². The first-order valence-corrected chi connectivity index (χ1v) is 12.2. The Balaban J connectivity index is 2.72. The first-order chi connectivity index (χ1) is 12.2. The third kappa shape index (κ3) is 4.61. The van der Waals surface area contributed by atoms with E-state index in [9.17, 15) is 34.4 Å². The number of halogens is 7. The van der Waals surface area contributed by atoms with Gasteiger partial charge in [-0.25, -0.2) is 8.78 Å². The van der Waals surface area contributed by atoms with Crippen LogP contribution >= 0.6 is 67.8 Å². The monoisotopic (exact) mass is 764 g/mol. The molecule has 15 heteroatoms. The Bertz CT molecular complexity index is 1140. The van der Waals surface area contributed by atoms with Gasteiger partial charge < -0.3 is 4.18 Å². The molecule has 0 amide bonds. The van der Waals surface area contributed by atoms with Crippen molar-refractivity contribution in [2.24, 2.45) is 0 Å². The number of hydrogen-bond acceptors (Lipinski definition) is 5. The quantitative estimate of drug-likeness (QED) is 0.166. The average Bonchev–Trinajstić information content (AvgIpc) is 2.51. The molecule has 2 aromatic carbocycles. The molecule has 0 saturated heterocycles. The first-order valence-electron chi connectivity index (χ1n) is 6.11. The lowest BCUT2D eigenvalue weighted by molar-refractivity contribution is 0.364. The van der Waals surface area contributed by atoms with Crippen LogP contribution in [0.3, 0.4) is 0 Å². The Morgan fingerprint density at radius 2 is 1.33 bits per heavy atom. The Morgan fingerprint density at radius 3 is 1.78 bits per heavy atom. The molecule has 0 heterocycles. The highest BCUT2D eigenvalue weighted by atomic mass is 127. The van der Waals surface area contributed by atoms with Crippen LogP contribution in [0, 0.1) is 34.0 Å². The van der Waals surface area contributed by atoms with E-state index < -0.39 is 59.0 Å². The Hall–Kier alpha value is 0.01000. The summed E-state index contributed by atoms with van der Waals surface area (Å²) < 4.78 is 116. The van der Waals surface area contributed by atoms with Crippen LogP contribution in [0.5, 0.6) is 5.75 Å². The lowest BCUT2D eigenvalue weighted by Gasteiger charge is -2.13. The van der Waals surface area contributed by atoms with Crippen LogP contribution < -0.4 is 4.18 Å². The topological polar surface area (TPSA) is 97.7 Å². The summed E-state index contributed by atoms with van der Waals surface area (Å²) in [4.78, 5) is -2.83. The maximum atomic E-state index is 14.0. The van der Waals surface area contributed by atoms with Crippen LogP contribution in [0.4, 0.5) is 17.6 Å². The summed E-state index contributed by atoms with van der Waals surface area (Å²) in [5.41, 5.74) is 0. The predicted molar refractivity (Wildman–Crippen MR) is 108 cm³/mol. The van der Waals surface area contributed by atoms with Crippen molar-refractivity contribution in [3.05, 3.63) is 46.1 Å². The lowest BCUT2D eigenvalue weighted by Crippen LogP contribution is -2.17. The minimum Gasteiger partial charge on any atom is -0.372 e. The van der Waals surface area contributed by atoms with Gasteiger partial charge in [-0.15, -0.1) is 0 Å². The maximum Gasteiger partial charge on any atom is 0.340 e. The molecule has 0 aliphatic carbocycles. The highest BCUT2D eigenvalue weighted by Gasteiger charge is 2.35. The van der Waals surface area contributed by atoms with Crippen LogP contribution in [0.1, 0.15) is 0 Å². The van der Waals surface area contributed by atoms with Gasteiger partial charge in [-0.05, 0) is 79.9 Å². The van der Waals surface area contributed by atoms with Gasteiger partial charge in [0.1, 0.15) is 4.90 Å². The molecule has 2 rings (SSSR count). The molecule has 0 aliphatic rings. The summed E-state index contributed by atoms with van der Waals surface area (Å²) in [5.74, 6) is -12.0. The van der Waals surface area contributed by atoms with Crippen LogP contribution in [0.25, 0.3) is 0 Å². The van der Waals surface area contributed by atoms with Gasteiger partial charge in [-0.2, -0.15) is 25.6 Å². The molecule has 0 spiro atoms. The summed E-state index contributed by atoms with van der Waals surface area (Å²) in [7, 11) is -10.6. The van der Waals surface area contributed by atoms with Crippen molar-refractivity contribution in [1.82, 2.24) is 0 Å². The summed E-state index contributed by atoms with van der Waals surface area (Å²) in [5, 5.41) is 0. The Morgan fingerprint density at radius 1 is 0.852 bits per heavy atom. The molecular weight excluding hydrogens is 761 g/mol. The SMILES string of the molecule is O=S(=O)(O)c1c(F)c(F)c(OS(=O)(=O)c2cc(I)cc(I)c2I)c(F)c1F. The fraction of sp³-hybridized carbons (Fsp3) is 0. The highest BCUT2D eigenvalue weighted by molar-refractivity contribution is 14.1. The van der Waals surface area contributed by atoms with Gasteiger partial charge in [0.25, 0.3) is 0 Å². The van der Waals surface area contributed by atoms with Crippen LogP contribution in [-0.2, 0) is 20.2 Å². The van der Waals surface area contributed by atoms with Crippen LogP contribution in [0.15, 0.2) is 21.9 Å². The first kappa shape index (κ1) is 23.3. The Kier molecular flexibility index (Phi) is 6.93.